The van der Waals surface area contributed by atoms with Crippen molar-refractivity contribution in [2.24, 2.45) is 5.73 Å². The van der Waals surface area contributed by atoms with E-state index < -0.39 is 17.7 Å². The lowest BCUT2D eigenvalue weighted by molar-refractivity contribution is -0.136. The second-order valence-electron chi connectivity index (χ2n) is 7.78. The highest BCUT2D eigenvalue weighted by molar-refractivity contribution is 6.32. The Kier molecular flexibility index (Phi) is 6.44. The van der Waals surface area contributed by atoms with Gasteiger partial charge in [0.2, 0.25) is 5.88 Å². The maximum Gasteiger partial charge on any atom is 0.349 e. The molecular formula is C26H20ClFN2O4. The molecule has 0 amide bonds. The Morgan fingerprint density at radius 1 is 1.12 bits per heavy atom. The minimum atomic E-state index is -0.751. The lowest BCUT2D eigenvalue weighted by atomic mass is 9.83. The molecule has 1 unspecified atom stereocenters. The van der Waals surface area contributed by atoms with Gasteiger partial charge < -0.3 is 19.9 Å². The van der Waals surface area contributed by atoms with Gasteiger partial charge in [0.25, 0.3) is 0 Å². The third-order valence-corrected chi connectivity index (χ3v) is 6.00. The minimum absolute atomic E-state index is 0.101. The summed E-state index contributed by atoms with van der Waals surface area (Å²) in [7, 11) is 0. The van der Waals surface area contributed by atoms with Crippen molar-refractivity contribution in [2.75, 3.05) is 6.61 Å². The van der Waals surface area contributed by atoms with Crippen molar-refractivity contribution in [3.8, 4) is 23.3 Å². The number of carbonyl (C=O) groups is 1. The number of carbonyl (C=O) groups excluding carboxylic acids is 1. The number of esters is 1. The van der Waals surface area contributed by atoms with Gasteiger partial charge in [-0.2, -0.15) is 5.26 Å². The molecule has 172 valence electrons. The molecule has 1 atom stereocenters. The lowest BCUT2D eigenvalue weighted by Gasteiger charge is -2.27. The fraction of sp³-hybridized carbons (Fsp3) is 0.154. The average Bonchev–Trinajstić information content (AvgIpc) is 2.80. The Morgan fingerprint density at radius 3 is 2.50 bits per heavy atom. The SMILES string of the molecule is Cc1cc(OCC(=O)Oc2ccc3c(c2)OC(N)=C(C#N)C3c2ccccc2F)cc(C)c1Cl. The van der Waals surface area contributed by atoms with E-state index in [2.05, 4.69) is 0 Å². The smallest absolute Gasteiger partial charge is 0.349 e. The fourth-order valence-corrected chi connectivity index (χ4v) is 3.93. The van der Waals surface area contributed by atoms with Gasteiger partial charge in [0.15, 0.2) is 6.61 Å². The molecule has 8 heteroatoms. The Balaban J connectivity index is 1.54. The number of fused-ring (bicyclic) bond motifs is 1. The van der Waals surface area contributed by atoms with Crippen LogP contribution in [0.5, 0.6) is 17.2 Å². The maximum atomic E-state index is 14.5. The summed E-state index contributed by atoms with van der Waals surface area (Å²) in [5.41, 5.74) is 8.55. The molecule has 0 aliphatic carbocycles. The number of benzene rings is 3. The number of allylic oxidation sites excluding steroid dienone is 1. The van der Waals surface area contributed by atoms with E-state index in [4.69, 9.17) is 31.5 Å². The van der Waals surface area contributed by atoms with Gasteiger partial charge in [-0.15, -0.1) is 0 Å². The molecule has 0 fully saturated rings. The van der Waals surface area contributed by atoms with Crippen LogP contribution in [0.15, 0.2) is 66.1 Å². The number of aryl methyl sites for hydroxylation is 2. The average molecular weight is 479 g/mol. The van der Waals surface area contributed by atoms with E-state index in [0.717, 1.165) is 11.1 Å². The Morgan fingerprint density at radius 2 is 1.82 bits per heavy atom. The minimum Gasteiger partial charge on any atom is -0.482 e. The summed E-state index contributed by atoms with van der Waals surface area (Å²) < 4.78 is 31.0. The molecule has 1 heterocycles. The first-order chi connectivity index (χ1) is 16.3. The van der Waals surface area contributed by atoms with Gasteiger partial charge in [0.1, 0.15) is 34.7 Å². The van der Waals surface area contributed by atoms with Crippen molar-refractivity contribution in [1.29, 1.82) is 5.26 Å². The molecule has 6 nitrogen and oxygen atoms in total. The molecule has 34 heavy (non-hydrogen) atoms. The predicted molar refractivity (Wildman–Crippen MR) is 124 cm³/mol. The molecule has 1 aliphatic rings. The number of ether oxygens (including phenoxy) is 3. The van der Waals surface area contributed by atoms with E-state index in [9.17, 15) is 14.4 Å². The van der Waals surface area contributed by atoms with E-state index in [0.29, 0.717) is 21.9 Å². The zero-order valence-corrected chi connectivity index (χ0v) is 19.2. The van der Waals surface area contributed by atoms with Crippen molar-refractivity contribution in [2.45, 2.75) is 19.8 Å². The molecule has 3 aromatic carbocycles. The number of halogens is 2. The van der Waals surface area contributed by atoms with Crippen LogP contribution in [0.25, 0.3) is 0 Å². The summed E-state index contributed by atoms with van der Waals surface area (Å²) in [4.78, 5) is 12.3. The Bertz CT molecular complexity index is 1340. The summed E-state index contributed by atoms with van der Waals surface area (Å²) >= 11 is 6.15. The van der Waals surface area contributed by atoms with Crippen LogP contribution in [-0.2, 0) is 4.79 Å². The van der Waals surface area contributed by atoms with Crippen LogP contribution in [0.4, 0.5) is 4.39 Å². The second kappa shape index (κ2) is 9.46. The normalized spacial score (nSPS) is 14.6. The highest BCUT2D eigenvalue weighted by atomic mass is 35.5. The third kappa shape index (κ3) is 4.54. The van der Waals surface area contributed by atoms with Crippen LogP contribution in [0.3, 0.4) is 0 Å². The molecule has 0 aromatic heterocycles. The molecule has 0 spiro atoms. The fourth-order valence-electron chi connectivity index (χ4n) is 3.82. The van der Waals surface area contributed by atoms with Crippen LogP contribution < -0.4 is 19.9 Å². The monoisotopic (exact) mass is 478 g/mol. The molecule has 0 radical (unpaired) electrons. The van der Waals surface area contributed by atoms with Crippen LogP contribution in [0.2, 0.25) is 5.02 Å². The van der Waals surface area contributed by atoms with Gasteiger partial charge in [-0.05, 0) is 49.2 Å². The highest BCUT2D eigenvalue weighted by Crippen LogP contribution is 2.44. The molecular weight excluding hydrogens is 459 g/mol. The Hall–Kier alpha value is -4.02. The van der Waals surface area contributed by atoms with Gasteiger partial charge in [0.05, 0.1) is 5.92 Å². The summed E-state index contributed by atoms with van der Waals surface area (Å²) in [5.74, 6) is -1.03. The largest absolute Gasteiger partial charge is 0.482 e. The second-order valence-corrected chi connectivity index (χ2v) is 8.16. The number of nitrogens with zero attached hydrogens (tertiary/aromatic N) is 1. The molecule has 4 rings (SSSR count). The van der Waals surface area contributed by atoms with Crippen molar-refractivity contribution >= 4 is 17.6 Å². The van der Waals surface area contributed by atoms with Gasteiger partial charge in [-0.25, -0.2) is 9.18 Å². The lowest BCUT2D eigenvalue weighted by Crippen LogP contribution is -2.22. The van der Waals surface area contributed by atoms with Gasteiger partial charge in [-0.1, -0.05) is 35.9 Å². The first-order valence-electron chi connectivity index (χ1n) is 10.3. The summed E-state index contributed by atoms with van der Waals surface area (Å²) in [5, 5.41) is 10.2. The van der Waals surface area contributed by atoms with Crippen LogP contribution in [0, 0.1) is 31.0 Å². The standard InChI is InChI=1S/C26H20ClFN2O4/c1-14-9-17(10-15(2)25(14)27)32-13-23(31)33-16-7-8-19-22(11-16)34-26(30)20(12-29)24(19)18-5-3-4-6-21(18)28/h3-11,24H,13,30H2,1-2H3. The molecule has 1 aliphatic heterocycles. The topological polar surface area (TPSA) is 94.6 Å². The predicted octanol–water partition coefficient (Wildman–Crippen LogP) is 5.30. The van der Waals surface area contributed by atoms with Gasteiger partial charge in [0, 0.05) is 22.2 Å². The summed E-state index contributed by atoms with van der Waals surface area (Å²) in [6, 6.07) is 16.3. The van der Waals surface area contributed by atoms with Gasteiger partial charge in [-0.3, -0.25) is 0 Å². The van der Waals surface area contributed by atoms with Crippen LogP contribution in [-0.4, -0.2) is 12.6 Å². The number of rotatable bonds is 5. The molecule has 0 bridgehead atoms. The Labute approximate surface area is 200 Å². The summed E-state index contributed by atoms with van der Waals surface area (Å²) in [6.07, 6.45) is 0. The van der Waals surface area contributed by atoms with Crippen LogP contribution in [0.1, 0.15) is 28.2 Å². The van der Waals surface area contributed by atoms with E-state index in [1.807, 2.05) is 19.9 Å². The molecule has 0 saturated carbocycles. The molecule has 3 aromatic rings. The summed E-state index contributed by atoms with van der Waals surface area (Å²) in [6.45, 7) is 3.37. The van der Waals surface area contributed by atoms with Crippen molar-refractivity contribution in [3.63, 3.8) is 0 Å². The third-order valence-electron chi connectivity index (χ3n) is 5.41. The van der Waals surface area contributed by atoms with Gasteiger partial charge >= 0.3 is 5.97 Å². The zero-order chi connectivity index (χ0) is 24.4. The van der Waals surface area contributed by atoms with E-state index in [1.54, 1.807) is 42.5 Å². The highest BCUT2D eigenvalue weighted by Gasteiger charge is 2.32. The van der Waals surface area contributed by atoms with Crippen molar-refractivity contribution in [1.82, 2.24) is 0 Å². The first kappa shape index (κ1) is 23.1. The molecule has 2 N–H and O–H groups in total. The van der Waals surface area contributed by atoms with E-state index >= 15 is 0 Å². The molecule has 0 saturated heterocycles. The number of hydrogen-bond acceptors (Lipinski definition) is 6. The van der Waals surface area contributed by atoms with Crippen molar-refractivity contribution in [3.05, 3.63) is 99.1 Å². The number of hydrogen-bond donors (Lipinski definition) is 1. The van der Waals surface area contributed by atoms with E-state index in [-0.39, 0.29) is 29.6 Å². The van der Waals surface area contributed by atoms with E-state index in [1.165, 1.54) is 12.1 Å². The maximum absolute atomic E-state index is 14.5. The first-order valence-corrected chi connectivity index (χ1v) is 10.7. The quantitative estimate of drug-likeness (QED) is 0.395. The van der Waals surface area contributed by atoms with Crippen molar-refractivity contribution < 1.29 is 23.4 Å². The number of nitrogens with two attached hydrogens (primary N) is 1. The number of nitriles is 1. The van der Waals surface area contributed by atoms with Crippen LogP contribution >= 0.6 is 11.6 Å². The zero-order valence-electron chi connectivity index (χ0n) is 18.4.